The van der Waals surface area contributed by atoms with Crippen LogP contribution in [0.5, 0.6) is 0 Å². The molecule has 1 aliphatic carbocycles. The molecule has 19 heavy (non-hydrogen) atoms. The van der Waals surface area contributed by atoms with Crippen molar-refractivity contribution in [1.29, 1.82) is 0 Å². The number of rotatable bonds is 4. The first-order valence-corrected chi connectivity index (χ1v) is 8.14. The molecule has 0 aromatic heterocycles. The van der Waals surface area contributed by atoms with Crippen LogP contribution >= 0.6 is 0 Å². The molecule has 0 spiro atoms. The Hall–Kier alpha value is -0.570. The average Bonchev–Trinajstić information content (AvgIpc) is 2.63. The van der Waals surface area contributed by atoms with E-state index < -0.39 is 0 Å². The maximum absolute atomic E-state index is 12.7. The Kier molecular flexibility index (Phi) is 3.59. The van der Waals surface area contributed by atoms with Crippen LogP contribution in [0.2, 0.25) is 0 Å². The van der Waals surface area contributed by atoms with Crippen molar-refractivity contribution in [3.63, 3.8) is 0 Å². The highest BCUT2D eigenvalue weighted by atomic mass is 16.2. The van der Waals surface area contributed by atoms with Gasteiger partial charge in [0, 0.05) is 23.5 Å². The van der Waals surface area contributed by atoms with Gasteiger partial charge in [0.2, 0.25) is 5.91 Å². The third-order valence-corrected chi connectivity index (χ3v) is 5.40. The lowest BCUT2D eigenvalue weighted by Crippen LogP contribution is -2.53. The average molecular weight is 264 g/mol. The van der Waals surface area contributed by atoms with Crippen molar-refractivity contribution < 1.29 is 4.79 Å². The van der Waals surface area contributed by atoms with Crippen LogP contribution in [0.15, 0.2) is 0 Å². The number of hydrogen-bond acceptors (Lipinski definition) is 2. The Balaban J connectivity index is 1.58. The van der Waals surface area contributed by atoms with Gasteiger partial charge < -0.3 is 10.6 Å². The molecule has 2 saturated heterocycles. The molecule has 108 valence electrons. The fourth-order valence-electron chi connectivity index (χ4n) is 4.42. The number of piperidine rings is 1. The highest BCUT2D eigenvalue weighted by molar-refractivity contribution is 5.83. The van der Waals surface area contributed by atoms with Gasteiger partial charge in [-0.2, -0.15) is 0 Å². The molecule has 1 saturated carbocycles. The molecule has 3 aliphatic rings. The second-order valence-electron chi connectivity index (χ2n) is 7.51. The number of hydrogen-bond donors (Lipinski definition) is 2. The lowest BCUT2D eigenvalue weighted by Gasteiger charge is -2.43. The molecule has 2 bridgehead atoms. The summed E-state index contributed by atoms with van der Waals surface area (Å²) < 4.78 is 0. The molecule has 2 atom stereocenters. The SMILES string of the molecule is CC(C)CC1(C(=O)NC2CC3CCC(C2)N3)CCC1. The Labute approximate surface area is 116 Å². The van der Waals surface area contributed by atoms with Crippen LogP contribution in [-0.4, -0.2) is 24.0 Å². The third kappa shape index (κ3) is 2.67. The maximum atomic E-state index is 12.7. The zero-order valence-corrected chi connectivity index (χ0v) is 12.4. The van der Waals surface area contributed by atoms with Crippen LogP contribution in [0.4, 0.5) is 0 Å². The van der Waals surface area contributed by atoms with Crippen molar-refractivity contribution in [3.8, 4) is 0 Å². The van der Waals surface area contributed by atoms with E-state index in [2.05, 4.69) is 24.5 Å². The van der Waals surface area contributed by atoms with E-state index in [4.69, 9.17) is 0 Å². The Morgan fingerprint density at radius 1 is 1.26 bits per heavy atom. The summed E-state index contributed by atoms with van der Waals surface area (Å²) in [6, 6.07) is 1.74. The first-order chi connectivity index (χ1) is 9.07. The molecule has 1 amide bonds. The van der Waals surface area contributed by atoms with E-state index in [1.807, 2.05) is 0 Å². The Morgan fingerprint density at radius 3 is 2.37 bits per heavy atom. The van der Waals surface area contributed by atoms with Crippen molar-refractivity contribution in [1.82, 2.24) is 10.6 Å². The lowest BCUT2D eigenvalue weighted by molar-refractivity contribution is -0.138. The van der Waals surface area contributed by atoms with Gasteiger partial charge in [0.25, 0.3) is 0 Å². The molecular formula is C16H28N2O. The molecule has 3 fully saturated rings. The van der Waals surface area contributed by atoms with Crippen LogP contribution in [0.25, 0.3) is 0 Å². The Morgan fingerprint density at radius 2 is 1.89 bits per heavy atom. The third-order valence-electron chi connectivity index (χ3n) is 5.40. The van der Waals surface area contributed by atoms with E-state index in [-0.39, 0.29) is 5.41 Å². The smallest absolute Gasteiger partial charge is 0.226 e. The molecule has 2 heterocycles. The van der Waals surface area contributed by atoms with Gasteiger partial charge in [-0.15, -0.1) is 0 Å². The fraction of sp³-hybridized carbons (Fsp3) is 0.938. The van der Waals surface area contributed by atoms with E-state index >= 15 is 0 Å². The predicted octanol–water partition coefficient (Wildman–Crippen LogP) is 2.60. The predicted molar refractivity (Wildman–Crippen MR) is 76.8 cm³/mol. The molecule has 3 heteroatoms. The van der Waals surface area contributed by atoms with Crippen LogP contribution in [-0.2, 0) is 4.79 Å². The van der Waals surface area contributed by atoms with E-state index in [1.54, 1.807) is 0 Å². The number of fused-ring (bicyclic) bond motifs is 2. The first kappa shape index (κ1) is 13.4. The van der Waals surface area contributed by atoms with Crippen molar-refractivity contribution in [3.05, 3.63) is 0 Å². The second-order valence-corrected chi connectivity index (χ2v) is 7.51. The summed E-state index contributed by atoms with van der Waals surface area (Å²) >= 11 is 0. The summed E-state index contributed by atoms with van der Waals surface area (Å²) in [5, 5.41) is 7.03. The summed E-state index contributed by atoms with van der Waals surface area (Å²) in [5.41, 5.74) is -0.0158. The molecule has 2 unspecified atom stereocenters. The van der Waals surface area contributed by atoms with Crippen LogP contribution in [0.1, 0.15) is 65.2 Å². The monoisotopic (exact) mass is 264 g/mol. The molecule has 0 aromatic rings. The highest BCUT2D eigenvalue weighted by Gasteiger charge is 2.45. The van der Waals surface area contributed by atoms with Crippen molar-refractivity contribution in [2.24, 2.45) is 11.3 Å². The van der Waals surface area contributed by atoms with Gasteiger partial charge in [-0.25, -0.2) is 0 Å². The molecule has 2 N–H and O–H groups in total. The van der Waals surface area contributed by atoms with E-state index in [9.17, 15) is 4.79 Å². The lowest BCUT2D eigenvalue weighted by atomic mass is 9.64. The van der Waals surface area contributed by atoms with Crippen molar-refractivity contribution in [2.45, 2.75) is 83.3 Å². The maximum Gasteiger partial charge on any atom is 0.226 e. The van der Waals surface area contributed by atoms with E-state index in [0.717, 1.165) is 32.1 Å². The van der Waals surface area contributed by atoms with Crippen LogP contribution < -0.4 is 10.6 Å². The first-order valence-electron chi connectivity index (χ1n) is 8.14. The van der Waals surface area contributed by atoms with Crippen molar-refractivity contribution in [2.75, 3.05) is 0 Å². The van der Waals surface area contributed by atoms with E-state index in [0.29, 0.717) is 30.0 Å². The van der Waals surface area contributed by atoms with Crippen molar-refractivity contribution >= 4 is 5.91 Å². The van der Waals surface area contributed by atoms with E-state index in [1.165, 1.54) is 19.3 Å². The van der Waals surface area contributed by atoms with Gasteiger partial charge >= 0.3 is 0 Å². The molecular weight excluding hydrogens is 236 g/mol. The fourth-order valence-corrected chi connectivity index (χ4v) is 4.42. The number of amides is 1. The van der Waals surface area contributed by atoms with Gasteiger partial charge in [0.15, 0.2) is 0 Å². The summed E-state index contributed by atoms with van der Waals surface area (Å²) in [6.07, 6.45) is 9.39. The zero-order chi connectivity index (χ0) is 13.5. The van der Waals surface area contributed by atoms with Crippen LogP contribution in [0.3, 0.4) is 0 Å². The minimum Gasteiger partial charge on any atom is -0.353 e. The summed E-state index contributed by atoms with van der Waals surface area (Å²) in [6.45, 7) is 4.47. The molecule has 3 nitrogen and oxygen atoms in total. The normalized spacial score (nSPS) is 36.1. The molecule has 2 aliphatic heterocycles. The van der Waals surface area contributed by atoms with Gasteiger partial charge in [-0.05, 0) is 50.9 Å². The minimum atomic E-state index is -0.0158. The summed E-state index contributed by atoms with van der Waals surface area (Å²) in [5.74, 6) is 0.981. The number of carbonyl (C=O) groups excluding carboxylic acids is 1. The number of carbonyl (C=O) groups is 1. The topological polar surface area (TPSA) is 41.1 Å². The number of nitrogens with one attached hydrogen (secondary N) is 2. The molecule has 3 rings (SSSR count). The summed E-state index contributed by atoms with van der Waals surface area (Å²) in [4.78, 5) is 12.7. The standard InChI is InChI=1S/C16H28N2O/c1-11(2)10-16(6-3-7-16)15(19)18-14-8-12-4-5-13(9-14)17-12/h11-14,17H,3-10H2,1-2H3,(H,18,19). The Bertz CT molecular complexity index is 337. The van der Waals surface area contributed by atoms with Crippen LogP contribution in [0, 0.1) is 11.3 Å². The summed E-state index contributed by atoms with van der Waals surface area (Å²) in [7, 11) is 0. The minimum absolute atomic E-state index is 0.0158. The highest BCUT2D eigenvalue weighted by Crippen LogP contribution is 2.46. The van der Waals surface area contributed by atoms with Gasteiger partial charge in [0.05, 0.1) is 0 Å². The van der Waals surface area contributed by atoms with Gasteiger partial charge in [-0.3, -0.25) is 4.79 Å². The quantitative estimate of drug-likeness (QED) is 0.819. The molecule has 0 radical (unpaired) electrons. The largest absolute Gasteiger partial charge is 0.353 e. The zero-order valence-electron chi connectivity index (χ0n) is 12.4. The molecule has 0 aromatic carbocycles. The second kappa shape index (κ2) is 5.08. The van der Waals surface area contributed by atoms with Gasteiger partial charge in [0.1, 0.15) is 0 Å². The van der Waals surface area contributed by atoms with Gasteiger partial charge in [-0.1, -0.05) is 20.3 Å².